The van der Waals surface area contributed by atoms with Crippen LogP contribution < -0.4 is 10.1 Å². The van der Waals surface area contributed by atoms with Gasteiger partial charge in [-0.15, -0.1) is 0 Å². The number of benzene rings is 1. The fourth-order valence-corrected chi connectivity index (χ4v) is 2.74. The Bertz CT molecular complexity index is 606. The van der Waals surface area contributed by atoms with Crippen LogP contribution in [0.25, 0.3) is 0 Å². The quantitative estimate of drug-likeness (QED) is 0.739. The van der Waals surface area contributed by atoms with E-state index in [-0.39, 0.29) is 5.91 Å². The summed E-state index contributed by atoms with van der Waals surface area (Å²) in [7, 11) is 1.63. The van der Waals surface area contributed by atoms with Crippen molar-refractivity contribution < 1.29 is 14.3 Å². The maximum Gasteiger partial charge on any atom is 0.251 e. The smallest absolute Gasteiger partial charge is 0.251 e. The predicted molar refractivity (Wildman–Crippen MR) is 90.0 cm³/mol. The summed E-state index contributed by atoms with van der Waals surface area (Å²) < 4.78 is 11.3. The average molecular weight is 366 g/mol. The molecule has 0 spiro atoms. The Balaban J connectivity index is 2.18. The highest BCUT2D eigenvalue weighted by Crippen LogP contribution is 2.44. The molecule has 0 heterocycles. The number of methoxy groups -OCH3 is 1. The molecule has 1 aliphatic carbocycles. The number of carbonyl (C=O) groups is 1. The van der Waals surface area contributed by atoms with Gasteiger partial charge in [-0.2, -0.15) is 0 Å². The SMILES string of the molecule is C=CO/C(=C\C)CNC(=O)c1cc(Br)c(OC)cc1C1CC1. The first kappa shape index (κ1) is 16.6. The van der Waals surface area contributed by atoms with Gasteiger partial charge in [-0.3, -0.25) is 4.79 Å². The average Bonchev–Trinajstić information content (AvgIpc) is 3.35. The lowest BCUT2D eigenvalue weighted by Gasteiger charge is -2.13. The summed E-state index contributed by atoms with van der Waals surface area (Å²) in [4.78, 5) is 12.5. The minimum Gasteiger partial charge on any atom is -0.496 e. The Morgan fingerprint density at radius 1 is 1.50 bits per heavy atom. The molecule has 1 amide bonds. The molecule has 1 N–H and O–H groups in total. The number of hydrogen-bond acceptors (Lipinski definition) is 3. The van der Waals surface area contributed by atoms with Gasteiger partial charge < -0.3 is 14.8 Å². The maximum absolute atomic E-state index is 12.5. The van der Waals surface area contributed by atoms with Gasteiger partial charge in [0.05, 0.1) is 24.4 Å². The number of hydrogen-bond donors (Lipinski definition) is 1. The summed E-state index contributed by atoms with van der Waals surface area (Å²) in [6.07, 6.45) is 5.38. The molecular weight excluding hydrogens is 346 g/mol. The van der Waals surface area contributed by atoms with Crippen LogP contribution in [0.4, 0.5) is 0 Å². The van der Waals surface area contributed by atoms with Crippen molar-refractivity contribution in [1.29, 1.82) is 0 Å². The van der Waals surface area contributed by atoms with Gasteiger partial charge in [-0.25, -0.2) is 0 Å². The molecule has 2 rings (SSSR count). The van der Waals surface area contributed by atoms with Gasteiger partial charge in [0, 0.05) is 5.56 Å². The number of amides is 1. The summed E-state index contributed by atoms with van der Waals surface area (Å²) in [5.41, 5.74) is 1.73. The van der Waals surface area contributed by atoms with Crippen LogP contribution in [0.2, 0.25) is 0 Å². The number of rotatable bonds is 7. The number of carbonyl (C=O) groups excluding carboxylic acids is 1. The molecule has 0 atom stereocenters. The Kier molecular flexibility index (Phi) is 5.66. The predicted octanol–water partition coefficient (Wildman–Crippen LogP) is 4.13. The molecule has 0 aromatic heterocycles. The second kappa shape index (κ2) is 7.49. The molecule has 0 bridgehead atoms. The first-order chi connectivity index (χ1) is 10.6. The van der Waals surface area contributed by atoms with E-state index < -0.39 is 0 Å². The van der Waals surface area contributed by atoms with Crippen LogP contribution in [0.3, 0.4) is 0 Å². The molecular formula is C17H20BrNO3. The van der Waals surface area contributed by atoms with Crippen LogP contribution in [-0.4, -0.2) is 19.6 Å². The van der Waals surface area contributed by atoms with E-state index >= 15 is 0 Å². The van der Waals surface area contributed by atoms with E-state index in [1.807, 2.05) is 19.1 Å². The van der Waals surface area contributed by atoms with Crippen molar-refractivity contribution in [3.8, 4) is 5.75 Å². The zero-order valence-corrected chi connectivity index (χ0v) is 14.4. The summed E-state index contributed by atoms with van der Waals surface area (Å²) in [6.45, 7) is 5.69. The van der Waals surface area contributed by atoms with Gasteiger partial charge >= 0.3 is 0 Å². The second-order valence-electron chi connectivity index (χ2n) is 5.07. The molecule has 118 valence electrons. The lowest BCUT2D eigenvalue weighted by Crippen LogP contribution is -2.27. The second-order valence-corrected chi connectivity index (χ2v) is 5.92. The van der Waals surface area contributed by atoms with E-state index in [2.05, 4.69) is 27.8 Å². The van der Waals surface area contributed by atoms with E-state index in [9.17, 15) is 4.79 Å². The number of halogens is 1. The molecule has 0 saturated heterocycles. The van der Waals surface area contributed by atoms with E-state index in [0.717, 1.165) is 28.6 Å². The standard InChI is InChI=1S/C17H20BrNO3/c1-4-12(22-5-2)10-19-17(20)14-8-15(18)16(21-3)9-13(14)11-6-7-11/h4-5,8-9,11H,2,6-7,10H2,1,3H3,(H,19,20)/b12-4-. The Morgan fingerprint density at radius 2 is 2.23 bits per heavy atom. The van der Waals surface area contributed by atoms with Gasteiger partial charge in [0.1, 0.15) is 11.5 Å². The summed E-state index contributed by atoms with van der Waals surface area (Å²) >= 11 is 3.44. The third-order valence-corrected chi connectivity index (χ3v) is 4.19. The van der Waals surface area contributed by atoms with Crippen molar-refractivity contribution >= 4 is 21.8 Å². The Hall–Kier alpha value is -1.75. The normalized spacial score (nSPS) is 14.4. The molecule has 4 nitrogen and oxygen atoms in total. The van der Waals surface area contributed by atoms with E-state index in [1.165, 1.54) is 6.26 Å². The third kappa shape index (κ3) is 3.91. The molecule has 1 aromatic carbocycles. The van der Waals surface area contributed by atoms with Crippen molar-refractivity contribution in [2.75, 3.05) is 13.7 Å². The molecule has 22 heavy (non-hydrogen) atoms. The van der Waals surface area contributed by atoms with Gasteiger partial charge in [0.15, 0.2) is 0 Å². The minimum atomic E-state index is -0.114. The van der Waals surface area contributed by atoms with Crippen molar-refractivity contribution in [1.82, 2.24) is 5.32 Å². The van der Waals surface area contributed by atoms with Crippen molar-refractivity contribution in [3.63, 3.8) is 0 Å². The fraction of sp³-hybridized carbons (Fsp3) is 0.353. The monoisotopic (exact) mass is 365 g/mol. The first-order valence-electron chi connectivity index (χ1n) is 7.19. The van der Waals surface area contributed by atoms with Crippen LogP contribution in [-0.2, 0) is 4.74 Å². The van der Waals surface area contributed by atoms with E-state index in [4.69, 9.17) is 9.47 Å². The molecule has 1 aliphatic rings. The topological polar surface area (TPSA) is 47.6 Å². The highest BCUT2D eigenvalue weighted by molar-refractivity contribution is 9.10. The molecule has 1 saturated carbocycles. The molecule has 0 unspecified atom stereocenters. The van der Waals surface area contributed by atoms with Crippen LogP contribution in [0, 0.1) is 0 Å². The van der Waals surface area contributed by atoms with Crippen LogP contribution >= 0.6 is 15.9 Å². The van der Waals surface area contributed by atoms with Crippen molar-refractivity contribution in [2.24, 2.45) is 0 Å². The van der Waals surface area contributed by atoms with Gasteiger partial charge in [-0.1, -0.05) is 6.58 Å². The lowest BCUT2D eigenvalue weighted by molar-refractivity contribution is 0.0950. The highest BCUT2D eigenvalue weighted by atomic mass is 79.9. The summed E-state index contributed by atoms with van der Waals surface area (Å²) in [5.74, 6) is 1.75. The van der Waals surface area contributed by atoms with Crippen LogP contribution in [0.5, 0.6) is 5.75 Å². The van der Waals surface area contributed by atoms with Crippen molar-refractivity contribution in [3.05, 3.63) is 52.4 Å². The Morgan fingerprint density at radius 3 is 2.77 bits per heavy atom. The fourth-order valence-electron chi connectivity index (χ4n) is 2.24. The molecule has 0 aliphatic heterocycles. The third-order valence-electron chi connectivity index (χ3n) is 3.57. The number of ether oxygens (including phenoxy) is 2. The summed E-state index contributed by atoms with van der Waals surface area (Å²) in [5, 5.41) is 2.88. The van der Waals surface area contributed by atoms with E-state index in [0.29, 0.717) is 23.8 Å². The van der Waals surface area contributed by atoms with Crippen molar-refractivity contribution in [2.45, 2.75) is 25.7 Å². The number of nitrogens with one attached hydrogen (secondary N) is 1. The molecule has 0 radical (unpaired) electrons. The largest absolute Gasteiger partial charge is 0.496 e. The zero-order valence-electron chi connectivity index (χ0n) is 12.8. The van der Waals surface area contributed by atoms with Gasteiger partial charge in [0.2, 0.25) is 0 Å². The van der Waals surface area contributed by atoms with Gasteiger partial charge in [0.25, 0.3) is 5.91 Å². The lowest BCUT2D eigenvalue weighted by atomic mass is 10.0. The van der Waals surface area contributed by atoms with Gasteiger partial charge in [-0.05, 0) is 65.4 Å². The Labute approximate surface area is 139 Å². The highest BCUT2D eigenvalue weighted by Gasteiger charge is 2.29. The minimum absolute atomic E-state index is 0.114. The molecule has 1 aromatic rings. The molecule has 5 heteroatoms. The number of allylic oxidation sites excluding steroid dienone is 1. The van der Waals surface area contributed by atoms with E-state index in [1.54, 1.807) is 13.2 Å². The maximum atomic E-state index is 12.5. The molecule has 1 fully saturated rings. The van der Waals surface area contributed by atoms with Crippen LogP contribution in [0.1, 0.15) is 41.6 Å². The van der Waals surface area contributed by atoms with Crippen LogP contribution in [0.15, 0.2) is 41.3 Å². The zero-order chi connectivity index (χ0) is 16.1. The summed E-state index contributed by atoms with van der Waals surface area (Å²) in [6, 6.07) is 3.78. The first-order valence-corrected chi connectivity index (χ1v) is 7.98.